The molecule has 3 N–H and O–H groups in total. The quantitative estimate of drug-likeness (QED) is 0.533. The van der Waals surface area contributed by atoms with Gasteiger partial charge in [-0.1, -0.05) is 6.92 Å². The average Bonchev–Trinajstić information content (AvgIpc) is 1.91. The lowest BCUT2D eigenvalue weighted by atomic mass is 10.1. The Morgan fingerprint density at radius 1 is 1.80 bits per heavy atom. The van der Waals surface area contributed by atoms with Gasteiger partial charge in [0, 0.05) is 6.54 Å². The minimum atomic E-state index is -0.146. The van der Waals surface area contributed by atoms with Crippen molar-refractivity contribution in [2.24, 2.45) is 11.7 Å². The van der Waals surface area contributed by atoms with Crippen LogP contribution in [0.4, 0.5) is 0 Å². The summed E-state index contributed by atoms with van der Waals surface area (Å²) in [6.45, 7) is 2.28. The van der Waals surface area contributed by atoms with Crippen LogP contribution in [0.5, 0.6) is 0 Å². The lowest BCUT2D eigenvalue weighted by Gasteiger charge is -2.09. The molecule has 0 rings (SSSR count). The van der Waals surface area contributed by atoms with E-state index < -0.39 is 0 Å². The van der Waals surface area contributed by atoms with Gasteiger partial charge >= 0.3 is 0 Å². The van der Waals surface area contributed by atoms with Crippen molar-refractivity contribution >= 4 is 5.91 Å². The van der Waals surface area contributed by atoms with E-state index >= 15 is 0 Å². The fraction of sp³-hybridized carbons (Fsp3) is 0.833. The molecule has 0 saturated carbocycles. The first kappa shape index (κ1) is 9.39. The minimum absolute atomic E-state index is 0.125. The molecule has 0 aliphatic heterocycles. The molecule has 10 heavy (non-hydrogen) atoms. The van der Waals surface area contributed by atoms with Gasteiger partial charge in [0.1, 0.15) is 0 Å². The Hall–Kier alpha value is -0.610. The lowest BCUT2D eigenvalue weighted by molar-refractivity contribution is -0.135. The van der Waals surface area contributed by atoms with E-state index in [4.69, 9.17) is 5.73 Å². The van der Waals surface area contributed by atoms with Crippen molar-refractivity contribution in [3.8, 4) is 0 Å². The summed E-state index contributed by atoms with van der Waals surface area (Å²) in [5.41, 5.74) is 7.53. The highest BCUT2D eigenvalue weighted by Gasteiger charge is 2.12. The number of amides is 1. The fourth-order valence-corrected chi connectivity index (χ4v) is 0.643. The van der Waals surface area contributed by atoms with Crippen molar-refractivity contribution in [2.75, 3.05) is 13.7 Å². The van der Waals surface area contributed by atoms with Crippen molar-refractivity contribution in [1.29, 1.82) is 0 Å². The van der Waals surface area contributed by atoms with E-state index in [0.29, 0.717) is 6.54 Å². The molecular formula is C6H14N2O2. The summed E-state index contributed by atoms with van der Waals surface area (Å²) >= 11 is 0. The highest BCUT2D eigenvalue weighted by molar-refractivity contribution is 5.77. The Morgan fingerprint density at radius 3 is 2.70 bits per heavy atom. The molecule has 0 aromatic heterocycles. The normalized spacial score (nSPS) is 12.7. The number of nitrogens with two attached hydrogens (primary N) is 1. The maximum Gasteiger partial charge on any atom is 0.247 e. The molecule has 0 aromatic rings. The minimum Gasteiger partial charge on any atom is -0.330 e. The summed E-state index contributed by atoms with van der Waals surface area (Å²) in [6.07, 6.45) is 0.742. The molecule has 1 atom stereocenters. The summed E-state index contributed by atoms with van der Waals surface area (Å²) in [5, 5.41) is 0. The number of hydrogen-bond donors (Lipinski definition) is 2. The molecular weight excluding hydrogens is 132 g/mol. The molecule has 0 spiro atoms. The van der Waals surface area contributed by atoms with Crippen molar-refractivity contribution in [3.05, 3.63) is 0 Å². The second-order valence-corrected chi connectivity index (χ2v) is 2.01. The summed E-state index contributed by atoms with van der Waals surface area (Å²) < 4.78 is 0. The van der Waals surface area contributed by atoms with Crippen molar-refractivity contribution in [3.63, 3.8) is 0 Å². The largest absolute Gasteiger partial charge is 0.330 e. The van der Waals surface area contributed by atoms with Gasteiger partial charge in [-0.2, -0.15) is 0 Å². The van der Waals surface area contributed by atoms with E-state index in [1.54, 1.807) is 0 Å². The smallest absolute Gasteiger partial charge is 0.247 e. The Morgan fingerprint density at radius 2 is 2.40 bits per heavy atom. The van der Waals surface area contributed by atoms with Gasteiger partial charge in [-0.15, -0.1) is 0 Å². The van der Waals surface area contributed by atoms with Gasteiger partial charge in [0.15, 0.2) is 0 Å². The zero-order chi connectivity index (χ0) is 7.98. The van der Waals surface area contributed by atoms with Crippen LogP contribution in [0.2, 0.25) is 0 Å². The lowest BCUT2D eigenvalue weighted by Crippen LogP contribution is -2.33. The maximum atomic E-state index is 10.9. The van der Waals surface area contributed by atoms with Gasteiger partial charge < -0.3 is 5.73 Å². The van der Waals surface area contributed by atoms with E-state index in [0.717, 1.165) is 6.42 Å². The molecule has 0 aliphatic carbocycles. The Bertz CT molecular complexity index is 102. The number of nitrogens with one attached hydrogen (secondary N) is 1. The van der Waals surface area contributed by atoms with Gasteiger partial charge in [0.05, 0.1) is 13.0 Å². The van der Waals surface area contributed by atoms with Gasteiger partial charge in [-0.05, 0) is 6.42 Å². The predicted molar refractivity (Wildman–Crippen MR) is 38.0 cm³/mol. The van der Waals surface area contributed by atoms with Crippen LogP contribution in [0.1, 0.15) is 13.3 Å². The van der Waals surface area contributed by atoms with E-state index in [1.165, 1.54) is 7.11 Å². The Labute approximate surface area is 60.7 Å². The van der Waals surface area contributed by atoms with Gasteiger partial charge in [-0.25, -0.2) is 5.48 Å². The van der Waals surface area contributed by atoms with Crippen molar-refractivity contribution < 1.29 is 9.63 Å². The van der Waals surface area contributed by atoms with E-state index in [2.05, 4.69) is 10.3 Å². The van der Waals surface area contributed by atoms with E-state index in [9.17, 15) is 4.79 Å². The molecule has 0 saturated heterocycles. The number of carbonyl (C=O) groups is 1. The third kappa shape index (κ3) is 2.80. The zero-order valence-corrected chi connectivity index (χ0v) is 6.39. The van der Waals surface area contributed by atoms with Crippen LogP contribution in [0, 0.1) is 5.92 Å². The summed E-state index contributed by atoms with van der Waals surface area (Å²) in [6, 6.07) is 0. The second kappa shape index (κ2) is 5.20. The first-order valence-corrected chi connectivity index (χ1v) is 3.29. The fourth-order valence-electron chi connectivity index (χ4n) is 0.643. The first-order valence-electron chi connectivity index (χ1n) is 3.29. The molecule has 0 aromatic carbocycles. The van der Waals surface area contributed by atoms with Crippen molar-refractivity contribution in [2.45, 2.75) is 13.3 Å². The average molecular weight is 146 g/mol. The summed E-state index contributed by atoms with van der Waals surface area (Å²) in [4.78, 5) is 15.3. The predicted octanol–water partition coefficient (Wildman–Crippen LogP) is -0.351. The molecule has 1 unspecified atom stereocenters. The molecule has 0 fully saturated rings. The van der Waals surface area contributed by atoms with E-state index in [-0.39, 0.29) is 11.8 Å². The second-order valence-electron chi connectivity index (χ2n) is 2.01. The third-order valence-corrected chi connectivity index (χ3v) is 1.35. The van der Waals surface area contributed by atoms with Crippen LogP contribution in [-0.2, 0) is 9.63 Å². The molecule has 0 heterocycles. The monoisotopic (exact) mass is 146 g/mol. The van der Waals surface area contributed by atoms with E-state index in [1.807, 2.05) is 6.92 Å². The van der Waals surface area contributed by atoms with Gasteiger partial charge in [-0.3, -0.25) is 9.63 Å². The number of hydroxylamine groups is 1. The number of hydrogen-bond acceptors (Lipinski definition) is 3. The topological polar surface area (TPSA) is 64.4 Å². The van der Waals surface area contributed by atoms with Crippen molar-refractivity contribution in [1.82, 2.24) is 5.48 Å². The van der Waals surface area contributed by atoms with Crippen LogP contribution < -0.4 is 11.2 Å². The van der Waals surface area contributed by atoms with Crippen LogP contribution in [0.25, 0.3) is 0 Å². The van der Waals surface area contributed by atoms with Crippen LogP contribution >= 0.6 is 0 Å². The van der Waals surface area contributed by atoms with Crippen LogP contribution in [-0.4, -0.2) is 19.6 Å². The molecule has 0 radical (unpaired) electrons. The molecule has 1 amide bonds. The maximum absolute atomic E-state index is 10.9. The highest BCUT2D eigenvalue weighted by atomic mass is 16.6. The Balaban J connectivity index is 3.65. The summed E-state index contributed by atoms with van der Waals surface area (Å²) in [7, 11) is 1.40. The van der Waals surface area contributed by atoms with Gasteiger partial charge in [0.25, 0.3) is 0 Å². The zero-order valence-electron chi connectivity index (χ0n) is 6.39. The van der Waals surface area contributed by atoms with Gasteiger partial charge in [0.2, 0.25) is 5.91 Å². The SMILES string of the molecule is CCC(CN)C(=O)NOC. The van der Waals surface area contributed by atoms with Crippen LogP contribution in [0.15, 0.2) is 0 Å². The molecule has 4 nitrogen and oxygen atoms in total. The molecule has 0 aliphatic rings. The molecule has 4 heteroatoms. The number of rotatable bonds is 4. The molecule has 0 bridgehead atoms. The summed E-state index contributed by atoms with van der Waals surface area (Å²) in [5.74, 6) is -0.271. The highest BCUT2D eigenvalue weighted by Crippen LogP contribution is 1.98. The third-order valence-electron chi connectivity index (χ3n) is 1.35. The number of carbonyl (C=O) groups excluding carboxylic acids is 1. The first-order chi connectivity index (χ1) is 4.76. The molecule has 60 valence electrons. The van der Waals surface area contributed by atoms with Crippen LogP contribution in [0.3, 0.4) is 0 Å². The standard InChI is InChI=1S/C6H14N2O2/c1-3-5(4-7)6(9)8-10-2/h5H,3-4,7H2,1-2H3,(H,8,9). The Kier molecular flexibility index (Phi) is 4.88.